The molecular weight excluding hydrogens is 180 g/mol. The Morgan fingerprint density at radius 3 is 2.38 bits per heavy atom. The van der Waals surface area contributed by atoms with E-state index in [1.165, 1.54) is 44.3 Å². The number of hydrogen-bond acceptors (Lipinski definition) is 2. The second-order valence-electron chi connectivity index (χ2n) is 3.34. The number of rotatable bonds is 10. The zero-order chi connectivity index (χ0) is 9.78. The molecular formula is C11H22OS. The lowest BCUT2D eigenvalue weighted by molar-refractivity contribution is -0.107. The van der Waals surface area contributed by atoms with Crippen molar-refractivity contribution in [2.75, 3.05) is 11.5 Å². The van der Waals surface area contributed by atoms with Crippen molar-refractivity contribution in [3.05, 3.63) is 0 Å². The predicted molar refractivity (Wildman–Crippen MR) is 61.4 cm³/mol. The Balaban J connectivity index is 2.79. The normalized spacial score (nSPS) is 10.2. The highest BCUT2D eigenvalue weighted by molar-refractivity contribution is 7.99. The van der Waals surface area contributed by atoms with Gasteiger partial charge in [-0.3, -0.25) is 0 Å². The Labute approximate surface area is 86.7 Å². The van der Waals surface area contributed by atoms with E-state index < -0.39 is 0 Å². The molecule has 0 aliphatic heterocycles. The largest absolute Gasteiger partial charge is 0.303 e. The van der Waals surface area contributed by atoms with Gasteiger partial charge in [0.05, 0.1) is 0 Å². The van der Waals surface area contributed by atoms with Crippen molar-refractivity contribution in [3.63, 3.8) is 0 Å². The first kappa shape index (κ1) is 13.0. The van der Waals surface area contributed by atoms with Gasteiger partial charge < -0.3 is 4.79 Å². The van der Waals surface area contributed by atoms with E-state index in [-0.39, 0.29) is 0 Å². The number of aldehydes is 1. The molecule has 0 rings (SSSR count). The van der Waals surface area contributed by atoms with Crippen LogP contribution in [0.5, 0.6) is 0 Å². The molecule has 0 radical (unpaired) electrons. The second-order valence-corrected chi connectivity index (χ2v) is 4.56. The molecule has 0 spiro atoms. The van der Waals surface area contributed by atoms with Crippen molar-refractivity contribution >= 4 is 18.0 Å². The molecule has 0 unspecified atom stereocenters. The molecule has 0 bridgehead atoms. The number of hydrogen-bond donors (Lipinski definition) is 0. The highest BCUT2D eigenvalue weighted by Gasteiger charge is 1.91. The van der Waals surface area contributed by atoms with Crippen LogP contribution >= 0.6 is 11.8 Å². The zero-order valence-electron chi connectivity index (χ0n) is 8.76. The van der Waals surface area contributed by atoms with Crippen molar-refractivity contribution in [3.8, 4) is 0 Å². The third-order valence-electron chi connectivity index (χ3n) is 2.02. The van der Waals surface area contributed by atoms with E-state index in [4.69, 9.17) is 0 Å². The van der Waals surface area contributed by atoms with Crippen LogP contribution in [0.15, 0.2) is 0 Å². The van der Waals surface area contributed by atoms with Crippen LogP contribution in [-0.4, -0.2) is 17.8 Å². The molecule has 0 aliphatic rings. The molecule has 0 atom stereocenters. The second kappa shape index (κ2) is 12.0. The number of carbonyl (C=O) groups excluding carboxylic acids is 1. The van der Waals surface area contributed by atoms with Crippen LogP contribution in [0.3, 0.4) is 0 Å². The SMILES string of the molecule is CCCCCCCCSCCC=O. The topological polar surface area (TPSA) is 17.1 Å². The van der Waals surface area contributed by atoms with E-state index >= 15 is 0 Å². The van der Waals surface area contributed by atoms with E-state index in [1.54, 1.807) is 0 Å². The standard InChI is InChI=1S/C11H22OS/c1-2-3-4-5-6-7-10-13-11-8-9-12/h9H,2-8,10-11H2,1H3. The van der Waals surface area contributed by atoms with E-state index in [0.717, 1.165) is 18.5 Å². The van der Waals surface area contributed by atoms with Gasteiger partial charge in [0.25, 0.3) is 0 Å². The zero-order valence-corrected chi connectivity index (χ0v) is 9.57. The molecule has 0 saturated carbocycles. The summed E-state index contributed by atoms with van der Waals surface area (Å²) in [6.07, 6.45) is 9.93. The van der Waals surface area contributed by atoms with E-state index in [0.29, 0.717) is 0 Å². The van der Waals surface area contributed by atoms with Gasteiger partial charge in [0.2, 0.25) is 0 Å². The lowest BCUT2D eigenvalue weighted by Gasteiger charge is -1.99. The summed E-state index contributed by atoms with van der Waals surface area (Å²) >= 11 is 1.91. The van der Waals surface area contributed by atoms with Gasteiger partial charge in [-0.05, 0) is 17.9 Å². The molecule has 78 valence electrons. The van der Waals surface area contributed by atoms with Gasteiger partial charge >= 0.3 is 0 Å². The summed E-state index contributed by atoms with van der Waals surface area (Å²) in [5.74, 6) is 2.25. The van der Waals surface area contributed by atoms with Gasteiger partial charge in [-0.25, -0.2) is 0 Å². The summed E-state index contributed by atoms with van der Waals surface area (Å²) < 4.78 is 0. The van der Waals surface area contributed by atoms with Gasteiger partial charge in [0.15, 0.2) is 0 Å². The minimum absolute atomic E-state index is 0.723. The summed E-state index contributed by atoms with van der Waals surface area (Å²) in [7, 11) is 0. The molecule has 0 heterocycles. The quantitative estimate of drug-likeness (QED) is 0.397. The number of unbranched alkanes of at least 4 members (excludes halogenated alkanes) is 5. The average Bonchev–Trinajstić information content (AvgIpc) is 2.16. The van der Waals surface area contributed by atoms with Crippen molar-refractivity contribution in [1.82, 2.24) is 0 Å². The maximum Gasteiger partial charge on any atom is 0.120 e. The molecule has 0 N–H and O–H groups in total. The minimum atomic E-state index is 0.723. The molecule has 0 aromatic heterocycles. The highest BCUT2D eigenvalue weighted by Crippen LogP contribution is 2.09. The monoisotopic (exact) mass is 202 g/mol. The average molecular weight is 202 g/mol. The summed E-state index contributed by atoms with van der Waals surface area (Å²) in [5, 5.41) is 0. The molecule has 0 saturated heterocycles. The summed E-state index contributed by atoms with van der Waals surface area (Å²) in [6, 6.07) is 0. The fourth-order valence-electron chi connectivity index (χ4n) is 1.22. The van der Waals surface area contributed by atoms with E-state index in [1.807, 2.05) is 11.8 Å². The Bertz CT molecular complexity index is 104. The van der Waals surface area contributed by atoms with Crippen molar-refractivity contribution in [2.45, 2.75) is 51.9 Å². The van der Waals surface area contributed by atoms with Crippen LogP contribution in [0.2, 0.25) is 0 Å². The molecule has 0 aliphatic carbocycles. The van der Waals surface area contributed by atoms with Crippen LogP contribution in [0, 0.1) is 0 Å². The van der Waals surface area contributed by atoms with Crippen LogP contribution in [0.4, 0.5) is 0 Å². The molecule has 0 aromatic carbocycles. The van der Waals surface area contributed by atoms with Crippen LogP contribution < -0.4 is 0 Å². The van der Waals surface area contributed by atoms with Gasteiger partial charge in [0.1, 0.15) is 6.29 Å². The van der Waals surface area contributed by atoms with Crippen LogP contribution in [0.1, 0.15) is 51.9 Å². The molecule has 0 amide bonds. The Hall–Kier alpha value is 0.0200. The van der Waals surface area contributed by atoms with Crippen molar-refractivity contribution in [2.24, 2.45) is 0 Å². The van der Waals surface area contributed by atoms with Gasteiger partial charge in [-0.1, -0.05) is 39.0 Å². The Kier molecular flexibility index (Phi) is 12.0. The molecule has 2 heteroatoms. The summed E-state index contributed by atoms with van der Waals surface area (Å²) in [4.78, 5) is 10.00. The van der Waals surface area contributed by atoms with Crippen LogP contribution in [0.25, 0.3) is 0 Å². The van der Waals surface area contributed by atoms with Crippen molar-refractivity contribution < 1.29 is 4.79 Å². The molecule has 1 nitrogen and oxygen atoms in total. The maximum absolute atomic E-state index is 10.00. The number of carbonyl (C=O) groups is 1. The first-order valence-electron chi connectivity index (χ1n) is 5.43. The molecule has 0 fully saturated rings. The Morgan fingerprint density at radius 1 is 1.00 bits per heavy atom. The molecule has 13 heavy (non-hydrogen) atoms. The fourth-order valence-corrected chi connectivity index (χ4v) is 2.09. The number of thioether (sulfide) groups is 1. The smallest absolute Gasteiger partial charge is 0.120 e. The van der Waals surface area contributed by atoms with Gasteiger partial charge in [0, 0.05) is 6.42 Å². The van der Waals surface area contributed by atoms with Gasteiger partial charge in [-0.15, -0.1) is 0 Å². The van der Waals surface area contributed by atoms with Crippen LogP contribution in [-0.2, 0) is 4.79 Å². The van der Waals surface area contributed by atoms with E-state index in [2.05, 4.69) is 6.92 Å². The third-order valence-corrected chi connectivity index (χ3v) is 3.12. The van der Waals surface area contributed by atoms with E-state index in [9.17, 15) is 4.79 Å². The Morgan fingerprint density at radius 2 is 1.69 bits per heavy atom. The molecule has 0 aromatic rings. The summed E-state index contributed by atoms with van der Waals surface area (Å²) in [5.41, 5.74) is 0. The maximum atomic E-state index is 10.00. The third kappa shape index (κ3) is 12.0. The van der Waals surface area contributed by atoms with Crippen molar-refractivity contribution in [1.29, 1.82) is 0 Å². The lowest BCUT2D eigenvalue weighted by atomic mass is 10.1. The predicted octanol–water partition coefficient (Wildman–Crippen LogP) is 3.67. The first-order chi connectivity index (χ1) is 6.41. The fraction of sp³-hybridized carbons (Fsp3) is 0.909. The van der Waals surface area contributed by atoms with Gasteiger partial charge in [-0.2, -0.15) is 11.8 Å². The lowest BCUT2D eigenvalue weighted by Crippen LogP contribution is -1.85. The summed E-state index contributed by atoms with van der Waals surface area (Å²) in [6.45, 7) is 2.25. The minimum Gasteiger partial charge on any atom is -0.303 e. The first-order valence-corrected chi connectivity index (χ1v) is 6.58. The highest BCUT2D eigenvalue weighted by atomic mass is 32.2.